The number of nitrogens with zero attached hydrogens (tertiary/aromatic N) is 2. The minimum absolute atomic E-state index is 0.437. The molecule has 0 saturated heterocycles. The van der Waals surface area contributed by atoms with Gasteiger partial charge in [0.05, 0.1) is 37.6 Å². The molecule has 0 aliphatic heterocycles. The SMILES string of the molecule is C/C=C\C(OC)=C(/C)Cc1cccc(Nc2c(C#N)cnc3cc(OCCCCl)c(OC)cc23)c1. The lowest BCUT2D eigenvalue weighted by Gasteiger charge is -2.16. The summed E-state index contributed by atoms with van der Waals surface area (Å²) < 4.78 is 16.9. The number of anilines is 2. The molecule has 3 aromatic rings. The predicted octanol–water partition coefficient (Wildman–Crippen LogP) is 6.91. The number of methoxy groups -OCH3 is 2. The molecule has 0 aliphatic carbocycles. The van der Waals surface area contributed by atoms with Gasteiger partial charge in [0.1, 0.15) is 11.8 Å². The third kappa shape index (κ3) is 6.46. The molecule has 1 heterocycles. The van der Waals surface area contributed by atoms with Crippen molar-refractivity contribution in [2.45, 2.75) is 26.7 Å². The number of ether oxygens (including phenoxy) is 3. The van der Waals surface area contributed by atoms with Gasteiger partial charge in [-0.1, -0.05) is 18.2 Å². The molecule has 3 rings (SSSR count). The molecule has 0 saturated carbocycles. The fraction of sp³-hybridized carbons (Fsp3) is 0.286. The minimum atomic E-state index is 0.437. The van der Waals surface area contributed by atoms with Crippen LogP contribution in [0.5, 0.6) is 11.5 Å². The van der Waals surface area contributed by atoms with Crippen LogP contribution in [0, 0.1) is 11.3 Å². The van der Waals surface area contributed by atoms with E-state index in [0.717, 1.165) is 40.8 Å². The maximum absolute atomic E-state index is 9.77. The Balaban J connectivity index is 1.99. The van der Waals surface area contributed by atoms with Crippen LogP contribution in [0.2, 0.25) is 0 Å². The Morgan fingerprint density at radius 3 is 2.71 bits per heavy atom. The molecule has 0 radical (unpaired) electrons. The van der Waals surface area contributed by atoms with Crippen molar-refractivity contribution in [2.75, 3.05) is 32.0 Å². The Bertz CT molecular complexity index is 1280. The number of hydrogen-bond donors (Lipinski definition) is 1. The number of fused-ring (bicyclic) bond motifs is 1. The highest BCUT2D eigenvalue weighted by Crippen LogP contribution is 2.37. The highest BCUT2D eigenvalue weighted by molar-refractivity contribution is 6.17. The van der Waals surface area contributed by atoms with E-state index in [-0.39, 0.29) is 0 Å². The summed E-state index contributed by atoms with van der Waals surface area (Å²) >= 11 is 5.77. The Kier molecular flexibility index (Phi) is 9.39. The van der Waals surface area contributed by atoms with E-state index in [1.165, 1.54) is 0 Å². The molecule has 0 atom stereocenters. The van der Waals surface area contributed by atoms with Crippen molar-refractivity contribution < 1.29 is 14.2 Å². The highest BCUT2D eigenvalue weighted by atomic mass is 35.5. The molecule has 182 valence electrons. The number of halogens is 1. The predicted molar refractivity (Wildman–Crippen MR) is 142 cm³/mol. The van der Waals surface area contributed by atoms with E-state index in [9.17, 15) is 5.26 Å². The fourth-order valence-corrected chi connectivity index (χ4v) is 3.87. The monoisotopic (exact) mass is 491 g/mol. The molecular formula is C28H30ClN3O3. The fourth-order valence-electron chi connectivity index (χ4n) is 3.76. The Morgan fingerprint density at radius 1 is 1.20 bits per heavy atom. The van der Waals surface area contributed by atoms with Crippen molar-refractivity contribution in [1.82, 2.24) is 4.98 Å². The molecule has 0 spiro atoms. The van der Waals surface area contributed by atoms with Gasteiger partial charge in [-0.25, -0.2) is 0 Å². The van der Waals surface area contributed by atoms with Crippen molar-refractivity contribution >= 4 is 33.9 Å². The van der Waals surface area contributed by atoms with Crippen molar-refractivity contribution in [1.29, 1.82) is 5.26 Å². The van der Waals surface area contributed by atoms with Gasteiger partial charge < -0.3 is 19.5 Å². The van der Waals surface area contributed by atoms with Gasteiger partial charge >= 0.3 is 0 Å². The second-order valence-corrected chi connectivity index (χ2v) is 8.30. The number of aromatic nitrogens is 1. The zero-order valence-corrected chi connectivity index (χ0v) is 21.3. The lowest BCUT2D eigenvalue weighted by atomic mass is 10.0. The molecule has 0 aliphatic rings. The van der Waals surface area contributed by atoms with Crippen molar-refractivity contribution in [2.24, 2.45) is 0 Å². The van der Waals surface area contributed by atoms with Gasteiger partial charge in [-0.2, -0.15) is 5.26 Å². The van der Waals surface area contributed by atoms with E-state index in [1.807, 2.05) is 43.3 Å². The highest BCUT2D eigenvalue weighted by Gasteiger charge is 2.15. The summed E-state index contributed by atoms with van der Waals surface area (Å²) in [6, 6.07) is 14.0. The summed E-state index contributed by atoms with van der Waals surface area (Å²) in [5.74, 6) is 2.53. The van der Waals surface area contributed by atoms with Crippen LogP contribution in [-0.2, 0) is 11.2 Å². The number of pyridine rings is 1. The molecule has 0 fully saturated rings. The largest absolute Gasteiger partial charge is 0.497 e. The van der Waals surface area contributed by atoms with Gasteiger partial charge in [0, 0.05) is 29.2 Å². The van der Waals surface area contributed by atoms with Crippen LogP contribution in [0.15, 0.2) is 66.1 Å². The Morgan fingerprint density at radius 2 is 2.03 bits per heavy atom. The summed E-state index contributed by atoms with van der Waals surface area (Å²) in [7, 11) is 3.27. The minimum Gasteiger partial charge on any atom is -0.497 e. The summed E-state index contributed by atoms with van der Waals surface area (Å²) in [5, 5.41) is 14.0. The van der Waals surface area contributed by atoms with Gasteiger partial charge in [0.15, 0.2) is 11.5 Å². The molecule has 1 aromatic heterocycles. The van der Waals surface area contributed by atoms with Crippen molar-refractivity contribution in [3.63, 3.8) is 0 Å². The first-order valence-electron chi connectivity index (χ1n) is 11.4. The van der Waals surface area contributed by atoms with Gasteiger partial charge in [0.2, 0.25) is 0 Å². The van der Waals surface area contributed by atoms with Crippen LogP contribution in [-0.4, -0.2) is 31.7 Å². The molecule has 1 N–H and O–H groups in total. The molecular weight excluding hydrogens is 462 g/mol. The van der Waals surface area contributed by atoms with Gasteiger partial charge in [-0.3, -0.25) is 4.98 Å². The van der Waals surface area contributed by atoms with Crippen LogP contribution in [0.25, 0.3) is 10.9 Å². The second-order valence-electron chi connectivity index (χ2n) is 7.92. The van der Waals surface area contributed by atoms with Gasteiger partial charge in [-0.15, -0.1) is 11.6 Å². The van der Waals surface area contributed by atoms with Crippen LogP contribution < -0.4 is 14.8 Å². The third-order valence-electron chi connectivity index (χ3n) is 5.43. The topological polar surface area (TPSA) is 76.4 Å². The van der Waals surface area contributed by atoms with Crippen molar-refractivity contribution in [3.05, 3.63) is 77.2 Å². The smallest absolute Gasteiger partial charge is 0.163 e. The van der Waals surface area contributed by atoms with Crippen LogP contribution in [0.3, 0.4) is 0 Å². The average molecular weight is 492 g/mol. The Labute approximate surface area is 211 Å². The molecule has 0 bridgehead atoms. The lowest BCUT2D eigenvalue weighted by Crippen LogP contribution is -2.02. The number of alkyl halides is 1. The number of hydrogen-bond acceptors (Lipinski definition) is 6. The number of nitriles is 1. The standard InChI is InChI=1S/C28H30ClN3O3/c1-5-8-25(33-3)19(2)13-20-9-6-10-22(14-20)32-28-21(17-30)18-31-24-16-27(35-12-7-11-29)26(34-4)15-23(24)28/h5-6,8-10,14-16,18H,7,11-13H2,1-4H3,(H,31,32)/b8-5-,25-19-. The van der Waals surface area contributed by atoms with Crippen LogP contribution >= 0.6 is 11.6 Å². The first-order valence-corrected chi connectivity index (χ1v) is 11.9. The average Bonchev–Trinajstić information content (AvgIpc) is 2.87. The number of allylic oxidation sites excluding steroid dienone is 3. The quantitative estimate of drug-likeness (QED) is 0.136. The third-order valence-corrected chi connectivity index (χ3v) is 5.70. The van der Waals surface area contributed by atoms with E-state index in [1.54, 1.807) is 20.4 Å². The molecule has 6 nitrogen and oxygen atoms in total. The van der Waals surface area contributed by atoms with Gasteiger partial charge in [-0.05, 0) is 62.1 Å². The summed E-state index contributed by atoms with van der Waals surface area (Å²) in [6.45, 7) is 4.50. The molecule has 35 heavy (non-hydrogen) atoms. The maximum Gasteiger partial charge on any atom is 0.163 e. The van der Waals surface area contributed by atoms with Crippen LogP contribution in [0.1, 0.15) is 31.4 Å². The first kappa shape index (κ1) is 25.9. The number of rotatable bonds is 11. The zero-order valence-electron chi connectivity index (χ0n) is 20.5. The molecule has 0 amide bonds. The van der Waals surface area contributed by atoms with Gasteiger partial charge in [0.25, 0.3) is 0 Å². The normalized spacial score (nSPS) is 11.8. The second kappa shape index (κ2) is 12.7. The first-order chi connectivity index (χ1) is 17.0. The molecule has 0 unspecified atom stereocenters. The van der Waals surface area contributed by atoms with E-state index in [0.29, 0.717) is 40.8 Å². The Hall–Kier alpha value is -3.69. The molecule has 2 aromatic carbocycles. The summed E-state index contributed by atoms with van der Waals surface area (Å²) in [5.41, 5.74) is 4.91. The van der Waals surface area contributed by atoms with E-state index < -0.39 is 0 Å². The van der Waals surface area contributed by atoms with Crippen LogP contribution in [0.4, 0.5) is 11.4 Å². The van der Waals surface area contributed by atoms with E-state index in [2.05, 4.69) is 35.4 Å². The zero-order chi connectivity index (χ0) is 25.2. The summed E-state index contributed by atoms with van der Waals surface area (Å²) in [6.07, 6.45) is 6.95. The molecule has 7 heteroatoms. The van der Waals surface area contributed by atoms with E-state index in [4.69, 9.17) is 25.8 Å². The number of nitrogens with one attached hydrogen (secondary N) is 1. The lowest BCUT2D eigenvalue weighted by molar-refractivity contribution is 0.295. The summed E-state index contributed by atoms with van der Waals surface area (Å²) in [4.78, 5) is 4.47. The van der Waals surface area contributed by atoms with E-state index >= 15 is 0 Å². The maximum atomic E-state index is 9.77. The van der Waals surface area contributed by atoms with Crippen molar-refractivity contribution in [3.8, 4) is 17.6 Å². The number of benzene rings is 2.